The maximum Gasteiger partial charge on any atom is 0.239 e. The van der Waals surface area contributed by atoms with Crippen molar-refractivity contribution >= 4 is 48.2 Å². The summed E-state index contributed by atoms with van der Waals surface area (Å²) >= 11 is 6.23. The van der Waals surface area contributed by atoms with Crippen LogP contribution in [-0.4, -0.2) is 48.9 Å². The van der Waals surface area contributed by atoms with Gasteiger partial charge in [-0.3, -0.25) is 14.5 Å². The summed E-state index contributed by atoms with van der Waals surface area (Å²) in [5.74, 6) is 0.0555. The molecule has 1 heterocycles. The molecule has 1 atom stereocenters. The minimum atomic E-state index is -0.583. The molecule has 6 nitrogen and oxygen atoms in total. The normalized spacial score (nSPS) is 15.8. The lowest BCUT2D eigenvalue weighted by Crippen LogP contribution is -2.47. The van der Waals surface area contributed by atoms with Gasteiger partial charge >= 0.3 is 0 Å². The van der Waals surface area contributed by atoms with Gasteiger partial charge in [-0.05, 0) is 49.4 Å². The number of carbonyl (C=O) groups excluding carboxylic acids is 2. The molecule has 1 aromatic rings. The predicted molar refractivity (Wildman–Crippen MR) is 123 cm³/mol. The molecule has 0 saturated carbocycles. The molecule has 2 rings (SSSR count). The molecule has 0 bridgehead atoms. The maximum atomic E-state index is 11.9. The third-order valence-electron chi connectivity index (χ3n) is 5.09. The van der Waals surface area contributed by atoms with E-state index >= 15 is 0 Å². The van der Waals surface area contributed by atoms with Crippen molar-refractivity contribution in [3.8, 4) is 0 Å². The number of nitrogens with two attached hydrogens (primary N) is 1. The van der Waals surface area contributed by atoms with Crippen LogP contribution < -0.4 is 16.4 Å². The maximum absolute atomic E-state index is 11.9. The molecule has 1 fully saturated rings. The minimum absolute atomic E-state index is 0. The van der Waals surface area contributed by atoms with Gasteiger partial charge in [-0.25, -0.2) is 0 Å². The molecule has 1 aliphatic heterocycles. The van der Waals surface area contributed by atoms with E-state index < -0.39 is 6.04 Å². The number of amides is 2. The third-order valence-corrected chi connectivity index (χ3v) is 5.46. The van der Waals surface area contributed by atoms with Crippen molar-refractivity contribution in [1.29, 1.82) is 0 Å². The molecular weight excluding hydrogens is 435 g/mol. The molecule has 1 aromatic carbocycles. The SMILES string of the molecule is CC(C)[C@H](N)C(=O)NCC(=O)NCC1CCN(Cc2ccccc2Cl)CC1.Cl.Cl. The molecular formula is C20H33Cl3N4O2. The van der Waals surface area contributed by atoms with E-state index in [-0.39, 0.29) is 49.1 Å². The van der Waals surface area contributed by atoms with Crippen molar-refractivity contribution in [3.05, 3.63) is 34.9 Å². The molecule has 2 amide bonds. The highest BCUT2D eigenvalue weighted by molar-refractivity contribution is 6.31. The van der Waals surface area contributed by atoms with Crippen LogP contribution in [0, 0.1) is 11.8 Å². The molecule has 0 radical (unpaired) electrons. The van der Waals surface area contributed by atoms with Gasteiger partial charge in [-0.1, -0.05) is 43.6 Å². The lowest BCUT2D eigenvalue weighted by Gasteiger charge is -2.32. The summed E-state index contributed by atoms with van der Waals surface area (Å²) < 4.78 is 0. The van der Waals surface area contributed by atoms with Crippen molar-refractivity contribution < 1.29 is 9.59 Å². The summed E-state index contributed by atoms with van der Waals surface area (Å²) in [5, 5.41) is 6.32. The van der Waals surface area contributed by atoms with Crippen molar-refractivity contribution in [2.24, 2.45) is 17.6 Å². The van der Waals surface area contributed by atoms with E-state index in [2.05, 4.69) is 21.6 Å². The molecule has 0 aliphatic carbocycles. The van der Waals surface area contributed by atoms with Crippen LogP contribution in [0.2, 0.25) is 5.02 Å². The van der Waals surface area contributed by atoms with Crippen molar-refractivity contribution in [1.82, 2.24) is 15.5 Å². The standard InChI is InChI=1S/C20H31ClN4O2.2ClH/c1-14(2)19(22)20(27)24-12-18(26)23-11-15-7-9-25(10-8-15)13-16-5-3-4-6-17(16)21;;/h3-6,14-15,19H,7-13,22H2,1-2H3,(H,23,26)(H,24,27);2*1H/t19-;;/m0../s1. The Morgan fingerprint density at radius 1 is 1.17 bits per heavy atom. The molecule has 1 aliphatic rings. The van der Waals surface area contributed by atoms with E-state index in [1.165, 1.54) is 0 Å². The molecule has 1 saturated heterocycles. The fourth-order valence-electron chi connectivity index (χ4n) is 3.12. The lowest BCUT2D eigenvalue weighted by molar-refractivity contribution is -0.127. The number of nitrogens with one attached hydrogen (secondary N) is 2. The third kappa shape index (κ3) is 9.53. The van der Waals surface area contributed by atoms with Gasteiger partial charge in [-0.2, -0.15) is 0 Å². The van der Waals surface area contributed by atoms with Gasteiger partial charge in [0.05, 0.1) is 12.6 Å². The number of hydrogen-bond donors (Lipinski definition) is 3. The first-order valence-corrected chi connectivity index (χ1v) is 10.0. The van der Waals surface area contributed by atoms with Gasteiger partial charge < -0.3 is 16.4 Å². The van der Waals surface area contributed by atoms with Crippen LogP contribution >= 0.6 is 36.4 Å². The number of halogens is 3. The summed E-state index contributed by atoms with van der Waals surface area (Å²) in [5.41, 5.74) is 6.91. The molecule has 0 spiro atoms. The van der Waals surface area contributed by atoms with Gasteiger partial charge in [-0.15, -0.1) is 24.8 Å². The first-order chi connectivity index (χ1) is 12.9. The number of nitrogens with zero attached hydrogens (tertiary/aromatic N) is 1. The molecule has 0 aromatic heterocycles. The van der Waals surface area contributed by atoms with E-state index in [0.717, 1.165) is 43.1 Å². The number of carbonyl (C=O) groups is 2. The zero-order valence-corrected chi connectivity index (χ0v) is 19.4. The summed E-state index contributed by atoms with van der Waals surface area (Å²) in [4.78, 5) is 26.1. The fraction of sp³-hybridized carbons (Fsp3) is 0.600. The fourth-order valence-corrected chi connectivity index (χ4v) is 3.32. The first kappa shape index (κ1) is 27.9. The van der Waals surface area contributed by atoms with Crippen LogP contribution in [0.15, 0.2) is 24.3 Å². The Balaban J connectivity index is 0.00000392. The molecule has 9 heteroatoms. The topological polar surface area (TPSA) is 87.5 Å². The van der Waals surface area contributed by atoms with Crippen molar-refractivity contribution in [2.45, 2.75) is 39.3 Å². The second-order valence-corrected chi connectivity index (χ2v) is 8.01. The first-order valence-electron chi connectivity index (χ1n) is 9.62. The summed E-state index contributed by atoms with van der Waals surface area (Å²) in [6, 6.07) is 7.36. The second kappa shape index (κ2) is 14.0. The van der Waals surface area contributed by atoms with Crippen molar-refractivity contribution in [3.63, 3.8) is 0 Å². The van der Waals surface area contributed by atoms with Crippen LogP contribution in [0.3, 0.4) is 0 Å². The van der Waals surface area contributed by atoms with E-state index in [1.807, 2.05) is 32.0 Å². The summed E-state index contributed by atoms with van der Waals surface area (Å²) in [7, 11) is 0. The highest BCUT2D eigenvalue weighted by Gasteiger charge is 2.21. The van der Waals surface area contributed by atoms with E-state index in [4.69, 9.17) is 17.3 Å². The van der Waals surface area contributed by atoms with Gasteiger partial charge in [0.15, 0.2) is 0 Å². The van der Waals surface area contributed by atoms with Crippen LogP contribution in [0.1, 0.15) is 32.3 Å². The number of likely N-dealkylation sites (tertiary alicyclic amines) is 1. The highest BCUT2D eigenvalue weighted by Crippen LogP contribution is 2.21. The molecule has 29 heavy (non-hydrogen) atoms. The monoisotopic (exact) mass is 466 g/mol. The Morgan fingerprint density at radius 3 is 2.38 bits per heavy atom. The Hall–Kier alpha value is -1.05. The Labute approximate surface area is 191 Å². The summed E-state index contributed by atoms with van der Waals surface area (Å²) in [6.45, 7) is 7.22. The van der Waals surface area contributed by atoms with Gasteiger partial charge in [0.1, 0.15) is 0 Å². The van der Waals surface area contributed by atoms with Crippen molar-refractivity contribution in [2.75, 3.05) is 26.2 Å². The van der Waals surface area contributed by atoms with Crippen LogP contribution in [-0.2, 0) is 16.1 Å². The Bertz CT molecular complexity index is 638. The summed E-state index contributed by atoms with van der Waals surface area (Å²) in [6.07, 6.45) is 2.07. The quantitative estimate of drug-likeness (QED) is 0.548. The smallest absolute Gasteiger partial charge is 0.239 e. The van der Waals surface area contributed by atoms with E-state index in [9.17, 15) is 9.59 Å². The second-order valence-electron chi connectivity index (χ2n) is 7.60. The molecule has 166 valence electrons. The van der Waals surface area contributed by atoms with Gasteiger partial charge in [0.2, 0.25) is 11.8 Å². The van der Waals surface area contributed by atoms with Crippen LogP contribution in [0.4, 0.5) is 0 Å². The number of hydrogen-bond acceptors (Lipinski definition) is 4. The minimum Gasteiger partial charge on any atom is -0.354 e. The number of benzene rings is 1. The van der Waals surface area contributed by atoms with Gasteiger partial charge in [0.25, 0.3) is 0 Å². The lowest BCUT2D eigenvalue weighted by atomic mass is 9.96. The highest BCUT2D eigenvalue weighted by atomic mass is 35.5. The molecule has 4 N–H and O–H groups in total. The zero-order chi connectivity index (χ0) is 19.8. The average molecular weight is 468 g/mol. The van der Waals surface area contributed by atoms with Gasteiger partial charge in [0, 0.05) is 18.1 Å². The van der Waals surface area contributed by atoms with E-state index in [1.54, 1.807) is 0 Å². The Morgan fingerprint density at radius 2 is 1.79 bits per heavy atom. The largest absolute Gasteiger partial charge is 0.354 e. The van der Waals surface area contributed by atoms with Crippen LogP contribution in [0.25, 0.3) is 0 Å². The Kier molecular flexibility index (Phi) is 13.5. The van der Waals surface area contributed by atoms with E-state index in [0.29, 0.717) is 12.5 Å². The zero-order valence-electron chi connectivity index (χ0n) is 17.0. The number of rotatable bonds is 8. The van der Waals surface area contributed by atoms with Crippen LogP contribution in [0.5, 0.6) is 0 Å². The molecule has 0 unspecified atom stereocenters. The average Bonchev–Trinajstić information content (AvgIpc) is 2.66. The predicted octanol–water partition coefficient (Wildman–Crippen LogP) is 2.61. The number of piperidine rings is 1.